The highest BCUT2D eigenvalue weighted by Gasteiger charge is 2.24. The number of hydrogen-bond acceptors (Lipinski definition) is 2. The van der Waals surface area contributed by atoms with Crippen molar-refractivity contribution in [1.82, 2.24) is 5.32 Å². The van der Waals surface area contributed by atoms with Crippen LogP contribution in [0.15, 0.2) is 28.7 Å². The van der Waals surface area contributed by atoms with Crippen LogP contribution in [0.3, 0.4) is 0 Å². The van der Waals surface area contributed by atoms with Gasteiger partial charge in [0.2, 0.25) is 0 Å². The SMILES string of the molecule is O=C(N[C@H]1CCCC[C@H]1O)c1cccc(Br)c1. The summed E-state index contributed by atoms with van der Waals surface area (Å²) >= 11 is 3.34. The Hall–Kier alpha value is -0.870. The second-order valence-electron chi connectivity index (χ2n) is 4.44. The van der Waals surface area contributed by atoms with Crippen LogP contribution < -0.4 is 5.32 Å². The molecule has 2 atom stereocenters. The van der Waals surface area contributed by atoms with E-state index in [0.717, 1.165) is 30.2 Å². The second-order valence-corrected chi connectivity index (χ2v) is 5.36. The van der Waals surface area contributed by atoms with Gasteiger partial charge in [-0.05, 0) is 31.0 Å². The molecule has 0 aromatic heterocycles. The summed E-state index contributed by atoms with van der Waals surface area (Å²) in [5.41, 5.74) is 0.622. The lowest BCUT2D eigenvalue weighted by Gasteiger charge is -2.28. The number of carbonyl (C=O) groups is 1. The molecule has 0 saturated heterocycles. The van der Waals surface area contributed by atoms with E-state index in [4.69, 9.17) is 0 Å². The van der Waals surface area contributed by atoms with Crippen LogP contribution in [0.1, 0.15) is 36.0 Å². The molecule has 92 valence electrons. The van der Waals surface area contributed by atoms with E-state index >= 15 is 0 Å². The van der Waals surface area contributed by atoms with Crippen LogP contribution in [0.4, 0.5) is 0 Å². The first-order valence-electron chi connectivity index (χ1n) is 5.91. The number of benzene rings is 1. The Morgan fingerprint density at radius 3 is 2.82 bits per heavy atom. The molecular formula is C13H16BrNO2. The third-order valence-corrected chi connectivity index (χ3v) is 3.63. The van der Waals surface area contributed by atoms with Gasteiger partial charge in [-0.1, -0.05) is 34.8 Å². The van der Waals surface area contributed by atoms with E-state index in [0.29, 0.717) is 5.56 Å². The third-order valence-electron chi connectivity index (χ3n) is 3.13. The molecule has 3 nitrogen and oxygen atoms in total. The molecule has 0 unspecified atom stereocenters. The minimum absolute atomic E-state index is 0.102. The van der Waals surface area contributed by atoms with Crippen molar-refractivity contribution in [2.24, 2.45) is 0 Å². The van der Waals surface area contributed by atoms with E-state index in [1.54, 1.807) is 12.1 Å². The van der Waals surface area contributed by atoms with E-state index in [1.165, 1.54) is 0 Å². The summed E-state index contributed by atoms with van der Waals surface area (Å²) in [7, 11) is 0. The van der Waals surface area contributed by atoms with Crippen LogP contribution in [0.25, 0.3) is 0 Å². The zero-order chi connectivity index (χ0) is 12.3. The quantitative estimate of drug-likeness (QED) is 0.881. The molecule has 1 fully saturated rings. The number of halogens is 1. The molecule has 4 heteroatoms. The Balaban J connectivity index is 2.01. The lowest BCUT2D eigenvalue weighted by Crippen LogP contribution is -2.45. The van der Waals surface area contributed by atoms with Crippen molar-refractivity contribution in [1.29, 1.82) is 0 Å². The largest absolute Gasteiger partial charge is 0.391 e. The molecule has 1 saturated carbocycles. The smallest absolute Gasteiger partial charge is 0.251 e. The van der Waals surface area contributed by atoms with Crippen LogP contribution in [0.5, 0.6) is 0 Å². The molecule has 0 bridgehead atoms. The summed E-state index contributed by atoms with van der Waals surface area (Å²) in [6, 6.07) is 7.16. The summed E-state index contributed by atoms with van der Waals surface area (Å²) in [6.45, 7) is 0. The number of rotatable bonds is 2. The fourth-order valence-corrected chi connectivity index (χ4v) is 2.56. The van der Waals surface area contributed by atoms with Gasteiger partial charge in [-0.25, -0.2) is 0 Å². The van der Waals surface area contributed by atoms with Crippen LogP contribution >= 0.6 is 15.9 Å². The molecule has 17 heavy (non-hydrogen) atoms. The maximum absolute atomic E-state index is 12.0. The van der Waals surface area contributed by atoms with Gasteiger partial charge >= 0.3 is 0 Å². The topological polar surface area (TPSA) is 49.3 Å². The van der Waals surface area contributed by atoms with Crippen molar-refractivity contribution in [2.45, 2.75) is 37.8 Å². The molecule has 1 amide bonds. The zero-order valence-electron chi connectivity index (χ0n) is 9.53. The summed E-state index contributed by atoms with van der Waals surface area (Å²) in [5, 5.41) is 12.7. The molecule has 0 heterocycles. The van der Waals surface area contributed by atoms with E-state index in [9.17, 15) is 9.90 Å². The zero-order valence-corrected chi connectivity index (χ0v) is 11.1. The molecule has 1 aromatic rings. The summed E-state index contributed by atoms with van der Waals surface area (Å²) in [6.07, 6.45) is 3.36. The van der Waals surface area contributed by atoms with Crippen molar-refractivity contribution in [2.75, 3.05) is 0 Å². The maximum Gasteiger partial charge on any atom is 0.251 e. The molecule has 0 aliphatic heterocycles. The summed E-state index contributed by atoms with van der Waals surface area (Å²) in [4.78, 5) is 12.0. The number of amides is 1. The average molecular weight is 298 g/mol. The Morgan fingerprint density at radius 1 is 1.35 bits per heavy atom. The van der Waals surface area contributed by atoms with E-state index in [2.05, 4.69) is 21.2 Å². The van der Waals surface area contributed by atoms with Gasteiger partial charge in [-0.2, -0.15) is 0 Å². The van der Waals surface area contributed by atoms with Gasteiger partial charge < -0.3 is 10.4 Å². The fraction of sp³-hybridized carbons (Fsp3) is 0.462. The third kappa shape index (κ3) is 3.30. The van der Waals surface area contributed by atoms with Crippen molar-refractivity contribution in [3.8, 4) is 0 Å². The highest BCUT2D eigenvalue weighted by molar-refractivity contribution is 9.10. The minimum atomic E-state index is -0.403. The van der Waals surface area contributed by atoms with Crippen molar-refractivity contribution in [3.63, 3.8) is 0 Å². The van der Waals surface area contributed by atoms with E-state index < -0.39 is 6.10 Å². The fourth-order valence-electron chi connectivity index (χ4n) is 2.16. The first-order valence-corrected chi connectivity index (χ1v) is 6.70. The van der Waals surface area contributed by atoms with Gasteiger partial charge in [0.05, 0.1) is 12.1 Å². The highest BCUT2D eigenvalue weighted by atomic mass is 79.9. The van der Waals surface area contributed by atoms with Gasteiger partial charge in [0, 0.05) is 10.0 Å². The maximum atomic E-state index is 12.0. The molecule has 2 N–H and O–H groups in total. The van der Waals surface area contributed by atoms with Crippen molar-refractivity contribution in [3.05, 3.63) is 34.3 Å². The Labute approximate surface area is 109 Å². The van der Waals surface area contributed by atoms with Gasteiger partial charge in [0.15, 0.2) is 0 Å². The highest BCUT2D eigenvalue weighted by Crippen LogP contribution is 2.19. The molecule has 1 aliphatic rings. The predicted molar refractivity (Wildman–Crippen MR) is 69.9 cm³/mol. The number of carbonyl (C=O) groups excluding carboxylic acids is 1. The van der Waals surface area contributed by atoms with Gasteiger partial charge in [-0.15, -0.1) is 0 Å². The van der Waals surface area contributed by atoms with Gasteiger partial charge in [0.1, 0.15) is 0 Å². The average Bonchev–Trinajstić information content (AvgIpc) is 2.32. The predicted octanol–water partition coefficient (Wildman–Crippen LogP) is 2.48. The first-order chi connectivity index (χ1) is 8.16. The van der Waals surface area contributed by atoms with Crippen LogP contribution in [-0.2, 0) is 0 Å². The molecule has 1 aliphatic carbocycles. The monoisotopic (exact) mass is 297 g/mol. The Morgan fingerprint density at radius 2 is 2.12 bits per heavy atom. The molecule has 0 radical (unpaired) electrons. The van der Waals surface area contributed by atoms with Crippen LogP contribution in [-0.4, -0.2) is 23.2 Å². The number of aliphatic hydroxyl groups excluding tert-OH is 1. The molecule has 2 rings (SSSR count). The molecule has 1 aromatic carbocycles. The van der Waals surface area contributed by atoms with Gasteiger partial charge in [0.25, 0.3) is 5.91 Å². The van der Waals surface area contributed by atoms with Crippen LogP contribution in [0, 0.1) is 0 Å². The summed E-state index contributed by atoms with van der Waals surface area (Å²) in [5.74, 6) is -0.114. The van der Waals surface area contributed by atoms with Crippen LogP contribution in [0.2, 0.25) is 0 Å². The van der Waals surface area contributed by atoms with E-state index in [-0.39, 0.29) is 11.9 Å². The van der Waals surface area contributed by atoms with Crippen molar-refractivity contribution >= 4 is 21.8 Å². The number of hydrogen-bond donors (Lipinski definition) is 2. The Bertz CT molecular complexity index is 408. The van der Waals surface area contributed by atoms with E-state index in [1.807, 2.05) is 12.1 Å². The second kappa shape index (κ2) is 5.65. The van der Waals surface area contributed by atoms with Crippen molar-refractivity contribution < 1.29 is 9.90 Å². The first kappa shape index (κ1) is 12.6. The number of nitrogens with one attached hydrogen (secondary N) is 1. The number of aliphatic hydroxyl groups is 1. The lowest BCUT2D eigenvalue weighted by atomic mass is 9.92. The standard InChI is InChI=1S/C13H16BrNO2/c14-10-5-3-4-9(8-10)13(17)15-11-6-1-2-7-12(11)16/h3-5,8,11-12,16H,1-2,6-7H2,(H,15,17)/t11-,12+/m0/s1. The lowest BCUT2D eigenvalue weighted by molar-refractivity contribution is 0.0717. The molecular weight excluding hydrogens is 282 g/mol. The summed E-state index contributed by atoms with van der Waals surface area (Å²) < 4.78 is 0.884. The van der Waals surface area contributed by atoms with Gasteiger partial charge in [-0.3, -0.25) is 4.79 Å². The minimum Gasteiger partial charge on any atom is -0.391 e. The Kier molecular flexibility index (Phi) is 4.18. The normalized spacial score (nSPS) is 24.4. The molecule has 0 spiro atoms.